The van der Waals surface area contributed by atoms with Gasteiger partial charge in [0, 0.05) is 23.7 Å². The lowest BCUT2D eigenvalue weighted by Crippen LogP contribution is -2.38. The zero-order chi connectivity index (χ0) is 19.9. The molecule has 2 aromatic heterocycles. The molecule has 1 fully saturated rings. The number of hydrogen-bond acceptors (Lipinski definition) is 4. The number of piperidine rings is 1. The van der Waals surface area contributed by atoms with Crippen LogP contribution < -0.4 is 5.84 Å². The summed E-state index contributed by atoms with van der Waals surface area (Å²) >= 11 is 0. The van der Waals surface area contributed by atoms with E-state index in [-0.39, 0.29) is 5.78 Å². The van der Waals surface area contributed by atoms with Gasteiger partial charge >= 0.3 is 0 Å². The molecule has 3 heterocycles. The third-order valence-electron chi connectivity index (χ3n) is 5.63. The first-order chi connectivity index (χ1) is 13.3. The Morgan fingerprint density at radius 1 is 1.18 bits per heavy atom. The maximum atomic E-state index is 12.7. The first kappa shape index (κ1) is 18.8. The summed E-state index contributed by atoms with van der Waals surface area (Å²) < 4.78 is 6.76. The van der Waals surface area contributed by atoms with Gasteiger partial charge in [0.05, 0.1) is 17.3 Å². The fourth-order valence-electron chi connectivity index (χ4n) is 4.38. The monoisotopic (exact) mass is 379 g/mol. The number of likely N-dealkylation sites (tertiary alicyclic amines) is 1. The molecule has 3 aromatic rings. The Morgan fingerprint density at radius 3 is 2.57 bits per heavy atom. The average molecular weight is 380 g/mol. The Balaban J connectivity index is 1.59. The third-order valence-corrected chi connectivity index (χ3v) is 5.63. The first-order valence-electron chi connectivity index (χ1n) is 10.0. The van der Waals surface area contributed by atoms with Gasteiger partial charge in [-0.25, -0.2) is 0 Å². The van der Waals surface area contributed by atoms with Crippen LogP contribution in [-0.4, -0.2) is 35.0 Å². The summed E-state index contributed by atoms with van der Waals surface area (Å²) in [6, 6.07) is 7.48. The normalized spacial score (nSPS) is 16.7. The Labute approximate surface area is 166 Å². The Hall–Kier alpha value is -2.53. The van der Waals surface area contributed by atoms with E-state index < -0.39 is 0 Å². The van der Waals surface area contributed by atoms with Crippen LogP contribution in [0.3, 0.4) is 0 Å². The minimum atomic E-state index is -0.0219. The minimum absolute atomic E-state index is 0.0219. The number of ketones is 1. The second kappa shape index (κ2) is 7.13. The van der Waals surface area contributed by atoms with Crippen molar-refractivity contribution in [3.8, 4) is 0 Å². The van der Waals surface area contributed by atoms with Crippen LogP contribution in [-0.2, 0) is 0 Å². The number of aromatic nitrogens is 1. The van der Waals surface area contributed by atoms with Gasteiger partial charge in [0.15, 0.2) is 5.78 Å². The topological polar surface area (TPSA) is 64.4 Å². The number of nitrogens with two attached hydrogens (primary N) is 1. The van der Waals surface area contributed by atoms with Crippen molar-refractivity contribution in [3.63, 3.8) is 0 Å². The molecule has 4 rings (SSSR count). The maximum absolute atomic E-state index is 12.7. The van der Waals surface area contributed by atoms with Crippen molar-refractivity contribution in [2.24, 2.45) is 5.41 Å². The van der Waals surface area contributed by atoms with Gasteiger partial charge in [0.1, 0.15) is 6.26 Å². The van der Waals surface area contributed by atoms with Crippen molar-refractivity contribution in [1.82, 2.24) is 9.58 Å². The van der Waals surface area contributed by atoms with Gasteiger partial charge in [-0.1, -0.05) is 20.8 Å². The van der Waals surface area contributed by atoms with E-state index in [1.807, 2.05) is 24.4 Å². The van der Waals surface area contributed by atoms with E-state index in [0.29, 0.717) is 22.5 Å². The second-order valence-electron chi connectivity index (χ2n) is 9.18. The molecule has 2 N–H and O–H groups in total. The zero-order valence-electron chi connectivity index (χ0n) is 16.9. The van der Waals surface area contributed by atoms with Gasteiger partial charge in [-0.2, -0.15) is 0 Å². The predicted octanol–water partition coefficient (Wildman–Crippen LogP) is 4.40. The van der Waals surface area contributed by atoms with Crippen LogP contribution in [0.1, 0.15) is 61.0 Å². The fraction of sp³-hybridized carbons (Fsp3) is 0.435. The van der Waals surface area contributed by atoms with Crippen molar-refractivity contribution in [2.75, 3.05) is 25.5 Å². The molecule has 148 valence electrons. The molecule has 5 nitrogen and oxygen atoms in total. The van der Waals surface area contributed by atoms with Gasteiger partial charge in [-0.05, 0) is 67.1 Å². The van der Waals surface area contributed by atoms with Crippen molar-refractivity contribution in [1.29, 1.82) is 0 Å². The van der Waals surface area contributed by atoms with Crippen LogP contribution in [0.25, 0.3) is 10.9 Å². The van der Waals surface area contributed by atoms with E-state index in [1.165, 1.54) is 18.1 Å². The first-order valence-corrected chi connectivity index (χ1v) is 10.0. The Morgan fingerprint density at radius 2 is 1.93 bits per heavy atom. The van der Waals surface area contributed by atoms with Crippen LogP contribution in [0, 0.1) is 5.41 Å². The van der Waals surface area contributed by atoms with Crippen molar-refractivity contribution >= 4 is 16.7 Å². The molecule has 5 heteroatoms. The van der Waals surface area contributed by atoms with Crippen LogP contribution in [0.2, 0.25) is 0 Å². The number of hydrogen-bond donors (Lipinski definition) is 1. The molecule has 0 atom stereocenters. The number of carbonyl (C=O) groups excluding carboxylic acids is 1. The van der Waals surface area contributed by atoms with E-state index in [1.54, 1.807) is 10.7 Å². The van der Waals surface area contributed by atoms with Gasteiger partial charge in [-0.15, -0.1) is 0 Å². The molecule has 0 radical (unpaired) electrons. The third kappa shape index (κ3) is 3.72. The fourth-order valence-corrected chi connectivity index (χ4v) is 4.38. The van der Waals surface area contributed by atoms with E-state index in [4.69, 9.17) is 10.3 Å². The number of benzene rings is 1. The molecule has 1 aliphatic heterocycles. The van der Waals surface area contributed by atoms with E-state index in [2.05, 4.69) is 25.7 Å². The Bertz CT molecular complexity index is 971. The number of carbonyl (C=O) groups is 1. The summed E-state index contributed by atoms with van der Waals surface area (Å²) in [6.45, 7) is 10.2. The highest BCUT2D eigenvalue weighted by Crippen LogP contribution is 2.35. The molecule has 0 unspecified atom stereocenters. The van der Waals surface area contributed by atoms with Gasteiger partial charge in [0.2, 0.25) is 0 Å². The molecule has 1 aromatic carbocycles. The van der Waals surface area contributed by atoms with Crippen LogP contribution >= 0.6 is 0 Å². The Kier molecular flexibility index (Phi) is 4.79. The molecule has 0 spiro atoms. The van der Waals surface area contributed by atoms with E-state index in [0.717, 1.165) is 43.4 Å². The molecule has 0 amide bonds. The number of rotatable bonds is 4. The standard InChI is InChI=1S/C23H29N3O2/c1-23(2,3)15-25-9-6-16(7-10-25)20-13-26(24)21-5-4-17(12-19(20)21)22(27)18-8-11-28-14-18/h4-5,8,11-14,16H,6-7,9-10,15,24H2,1-3H3. The molecule has 0 saturated carbocycles. The summed E-state index contributed by atoms with van der Waals surface area (Å²) in [5.41, 5.74) is 3.79. The summed E-state index contributed by atoms with van der Waals surface area (Å²) in [5, 5.41) is 1.09. The molecule has 1 aliphatic rings. The second-order valence-corrected chi connectivity index (χ2v) is 9.18. The number of furan rings is 1. The molecular weight excluding hydrogens is 350 g/mol. The van der Waals surface area contributed by atoms with E-state index >= 15 is 0 Å². The predicted molar refractivity (Wildman–Crippen MR) is 112 cm³/mol. The molecule has 28 heavy (non-hydrogen) atoms. The quantitative estimate of drug-likeness (QED) is 0.539. The molecule has 0 aliphatic carbocycles. The lowest BCUT2D eigenvalue weighted by Gasteiger charge is -2.36. The number of fused-ring (bicyclic) bond motifs is 1. The van der Waals surface area contributed by atoms with Gasteiger partial charge in [-0.3, -0.25) is 9.47 Å². The van der Waals surface area contributed by atoms with Crippen LogP contribution in [0.5, 0.6) is 0 Å². The smallest absolute Gasteiger partial charge is 0.196 e. The molecule has 0 bridgehead atoms. The van der Waals surface area contributed by atoms with Crippen LogP contribution in [0.15, 0.2) is 47.4 Å². The molecule has 1 saturated heterocycles. The number of nitrogen functional groups attached to an aromatic ring is 1. The molecular formula is C23H29N3O2. The highest BCUT2D eigenvalue weighted by molar-refractivity contribution is 6.10. The lowest BCUT2D eigenvalue weighted by molar-refractivity contribution is 0.103. The van der Waals surface area contributed by atoms with E-state index in [9.17, 15) is 4.79 Å². The van der Waals surface area contributed by atoms with Crippen LogP contribution in [0.4, 0.5) is 0 Å². The SMILES string of the molecule is CC(C)(C)CN1CCC(c2cn(N)c3ccc(C(=O)c4ccoc4)cc23)CC1. The lowest BCUT2D eigenvalue weighted by atomic mass is 9.87. The maximum Gasteiger partial charge on any atom is 0.196 e. The largest absolute Gasteiger partial charge is 0.472 e. The van der Waals surface area contributed by atoms with Gasteiger partial charge in [0.25, 0.3) is 0 Å². The van der Waals surface area contributed by atoms with Crippen molar-refractivity contribution in [2.45, 2.75) is 39.5 Å². The average Bonchev–Trinajstić information content (AvgIpc) is 3.29. The number of nitrogens with zero attached hydrogens (tertiary/aromatic N) is 2. The highest BCUT2D eigenvalue weighted by Gasteiger charge is 2.26. The highest BCUT2D eigenvalue weighted by atomic mass is 16.3. The summed E-state index contributed by atoms with van der Waals surface area (Å²) in [4.78, 5) is 15.3. The summed E-state index contributed by atoms with van der Waals surface area (Å²) in [5.74, 6) is 6.67. The minimum Gasteiger partial charge on any atom is -0.472 e. The zero-order valence-corrected chi connectivity index (χ0v) is 16.9. The van der Waals surface area contributed by atoms with Crippen molar-refractivity contribution < 1.29 is 9.21 Å². The van der Waals surface area contributed by atoms with Crippen molar-refractivity contribution in [3.05, 3.63) is 59.7 Å². The summed E-state index contributed by atoms with van der Waals surface area (Å²) in [6.07, 6.45) is 7.30. The summed E-state index contributed by atoms with van der Waals surface area (Å²) in [7, 11) is 0. The van der Waals surface area contributed by atoms with Gasteiger partial charge < -0.3 is 15.2 Å².